The summed E-state index contributed by atoms with van der Waals surface area (Å²) in [6.45, 7) is 3.51. The van der Waals surface area contributed by atoms with Crippen LogP contribution >= 0.6 is 11.8 Å². The predicted molar refractivity (Wildman–Crippen MR) is 67.7 cm³/mol. The number of nitrogens with zero attached hydrogens (tertiary/aromatic N) is 1. The molecule has 0 aromatic rings. The maximum absolute atomic E-state index is 12.2. The highest BCUT2D eigenvalue weighted by molar-refractivity contribution is 8.14. The van der Waals surface area contributed by atoms with Gasteiger partial charge < -0.3 is 16.0 Å². The molecule has 6 heteroatoms. The van der Waals surface area contributed by atoms with Gasteiger partial charge in [0.1, 0.15) is 6.04 Å². The van der Waals surface area contributed by atoms with Crippen LogP contribution in [0.5, 0.6) is 0 Å². The fourth-order valence-electron chi connectivity index (χ4n) is 2.38. The van der Waals surface area contributed by atoms with E-state index in [1.54, 1.807) is 0 Å². The van der Waals surface area contributed by atoms with Gasteiger partial charge in [-0.1, -0.05) is 11.8 Å². The van der Waals surface area contributed by atoms with Crippen molar-refractivity contribution in [3.63, 3.8) is 0 Å². The highest BCUT2D eigenvalue weighted by Gasteiger charge is 2.34. The Morgan fingerprint density at radius 3 is 3.00 bits per heavy atom. The fraction of sp³-hybridized carbons (Fsp3) is 0.818. The van der Waals surface area contributed by atoms with Gasteiger partial charge in [0.15, 0.2) is 0 Å². The molecule has 5 nitrogen and oxygen atoms in total. The highest BCUT2D eigenvalue weighted by atomic mass is 32.2. The van der Waals surface area contributed by atoms with E-state index in [1.165, 1.54) is 11.8 Å². The predicted octanol–water partition coefficient (Wildman–Crippen LogP) is 0.397. The van der Waals surface area contributed by atoms with Crippen molar-refractivity contribution < 1.29 is 9.59 Å². The van der Waals surface area contributed by atoms with Gasteiger partial charge in [0.25, 0.3) is 5.24 Å². The number of piperidine rings is 1. The summed E-state index contributed by atoms with van der Waals surface area (Å²) in [5, 5.41) is 2.60. The second-order valence-electron chi connectivity index (χ2n) is 4.84. The lowest BCUT2D eigenvalue weighted by atomic mass is 9.92. The Morgan fingerprint density at radius 2 is 2.41 bits per heavy atom. The molecule has 0 bridgehead atoms. The van der Waals surface area contributed by atoms with Gasteiger partial charge in [-0.25, -0.2) is 0 Å². The number of amides is 2. The van der Waals surface area contributed by atoms with E-state index in [9.17, 15) is 9.59 Å². The maximum Gasteiger partial charge on any atom is 0.279 e. The number of likely N-dealkylation sites (tertiary alicyclic amines) is 1. The van der Waals surface area contributed by atoms with E-state index in [2.05, 4.69) is 5.32 Å². The average molecular weight is 257 g/mol. The van der Waals surface area contributed by atoms with Crippen molar-refractivity contribution in [2.45, 2.75) is 31.8 Å². The number of hydrogen-bond donors (Lipinski definition) is 2. The lowest BCUT2D eigenvalue weighted by Crippen LogP contribution is -2.51. The Balaban J connectivity index is 1.93. The van der Waals surface area contributed by atoms with Gasteiger partial charge in [0.2, 0.25) is 5.91 Å². The van der Waals surface area contributed by atoms with Gasteiger partial charge in [0, 0.05) is 24.9 Å². The molecule has 3 N–H and O–H groups in total. The van der Waals surface area contributed by atoms with E-state index in [0.717, 1.165) is 25.9 Å². The first-order chi connectivity index (χ1) is 8.08. The van der Waals surface area contributed by atoms with Crippen LogP contribution in [0, 0.1) is 5.92 Å². The molecule has 2 fully saturated rings. The van der Waals surface area contributed by atoms with Crippen LogP contribution in [-0.4, -0.2) is 47.0 Å². The normalized spacial score (nSPS) is 31.2. The first-order valence-corrected chi connectivity index (χ1v) is 7.04. The molecule has 2 rings (SSSR count). The summed E-state index contributed by atoms with van der Waals surface area (Å²) in [5.41, 5.74) is 5.89. The second kappa shape index (κ2) is 5.27. The molecule has 17 heavy (non-hydrogen) atoms. The molecular formula is C11H19N3O2S. The van der Waals surface area contributed by atoms with Crippen LogP contribution in [-0.2, 0) is 4.79 Å². The quantitative estimate of drug-likeness (QED) is 0.750. The van der Waals surface area contributed by atoms with Crippen molar-refractivity contribution in [3.8, 4) is 0 Å². The first-order valence-electron chi connectivity index (χ1n) is 6.05. The smallest absolute Gasteiger partial charge is 0.279 e. The zero-order chi connectivity index (χ0) is 12.4. The molecule has 2 aliphatic heterocycles. The van der Waals surface area contributed by atoms with E-state index >= 15 is 0 Å². The van der Waals surface area contributed by atoms with Crippen molar-refractivity contribution in [3.05, 3.63) is 0 Å². The minimum atomic E-state index is -0.334. The van der Waals surface area contributed by atoms with Crippen molar-refractivity contribution in [2.24, 2.45) is 11.7 Å². The second-order valence-corrected chi connectivity index (χ2v) is 5.83. The number of nitrogens with one attached hydrogen (secondary N) is 1. The lowest BCUT2D eigenvalue weighted by molar-refractivity contribution is -0.134. The Kier molecular flexibility index (Phi) is 3.93. The number of hydrogen-bond acceptors (Lipinski definition) is 4. The number of carbonyl (C=O) groups is 2. The minimum absolute atomic E-state index is 0.0497. The highest BCUT2D eigenvalue weighted by Crippen LogP contribution is 2.21. The third-order valence-electron chi connectivity index (χ3n) is 3.48. The van der Waals surface area contributed by atoms with Gasteiger partial charge in [0.05, 0.1) is 0 Å². The lowest BCUT2D eigenvalue weighted by Gasteiger charge is -2.35. The van der Waals surface area contributed by atoms with Crippen molar-refractivity contribution in [2.75, 3.05) is 18.8 Å². The average Bonchev–Trinajstić information content (AvgIpc) is 2.75. The summed E-state index contributed by atoms with van der Waals surface area (Å²) < 4.78 is 0. The van der Waals surface area contributed by atoms with E-state index < -0.39 is 0 Å². The maximum atomic E-state index is 12.2. The number of carbonyl (C=O) groups excluding carboxylic acids is 2. The SMILES string of the molecule is CC(N)C1CCCN(C(=O)C2CSC(=O)N2)C1. The summed E-state index contributed by atoms with van der Waals surface area (Å²) >= 11 is 1.18. The Bertz CT molecular complexity index is 322. The van der Waals surface area contributed by atoms with E-state index in [-0.39, 0.29) is 23.2 Å². The van der Waals surface area contributed by atoms with Crippen LogP contribution in [0.4, 0.5) is 4.79 Å². The zero-order valence-electron chi connectivity index (χ0n) is 10.0. The molecule has 3 unspecified atom stereocenters. The number of thioether (sulfide) groups is 1. The molecular weight excluding hydrogens is 238 g/mol. The monoisotopic (exact) mass is 257 g/mol. The van der Waals surface area contributed by atoms with Crippen LogP contribution in [0.15, 0.2) is 0 Å². The van der Waals surface area contributed by atoms with Crippen molar-refractivity contribution in [1.82, 2.24) is 10.2 Å². The van der Waals surface area contributed by atoms with Crippen LogP contribution in [0.3, 0.4) is 0 Å². The first kappa shape index (κ1) is 12.7. The number of nitrogens with two attached hydrogens (primary N) is 1. The van der Waals surface area contributed by atoms with Crippen LogP contribution < -0.4 is 11.1 Å². The van der Waals surface area contributed by atoms with Crippen molar-refractivity contribution >= 4 is 22.9 Å². The topological polar surface area (TPSA) is 75.4 Å². The van der Waals surface area contributed by atoms with Crippen LogP contribution in [0.2, 0.25) is 0 Å². The molecule has 2 aliphatic rings. The number of rotatable bonds is 2. The molecule has 2 heterocycles. The van der Waals surface area contributed by atoms with Gasteiger partial charge in [-0.3, -0.25) is 9.59 Å². The molecule has 96 valence electrons. The standard InChI is InChI=1S/C11H19N3O2S/c1-7(12)8-3-2-4-14(5-8)10(15)9-6-17-11(16)13-9/h7-9H,2-6,12H2,1H3,(H,13,16). The van der Waals surface area contributed by atoms with Gasteiger partial charge >= 0.3 is 0 Å². The summed E-state index contributed by atoms with van der Waals surface area (Å²) in [6.07, 6.45) is 2.10. The van der Waals surface area contributed by atoms with E-state index in [0.29, 0.717) is 11.7 Å². The Labute approximate surface area is 105 Å². The van der Waals surface area contributed by atoms with Gasteiger partial charge in [-0.05, 0) is 25.7 Å². The summed E-state index contributed by atoms with van der Waals surface area (Å²) in [6, 6.07) is -0.211. The Morgan fingerprint density at radius 1 is 1.65 bits per heavy atom. The van der Waals surface area contributed by atoms with E-state index in [1.807, 2.05) is 11.8 Å². The third kappa shape index (κ3) is 2.93. The summed E-state index contributed by atoms with van der Waals surface area (Å²) in [7, 11) is 0. The molecule has 0 saturated carbocycles. The molecule has 2 amide bonds. The molecule has 0 spiro atoms. The van der Waals surface area contributed by atoms with Gasteiger partial charge in [-0.15, -0.1) is 0 Å². The van der Waals surface area contributed by atoms with E-state index in [4.69, 9.17) is 5.73 Å². The van der Waals surface area contributed by atoms with Crippen LogP contribution in [0.1, 0.15) is 19.8 Å². The molecule has 0 aromatic carbocycles. The summed E-state index contributed by atoms with van der Waals surface area (Å²) in [5.74, 6) is 0.989. The molecule has 0 radical (unpaired) electrons. The molecule has 2 saturated heterocycles. The largest absolute Gasteiger partial charge is 0.341 e. The third-order valence-corrected chi connectivity index (χ3v) is 4.36. The molecule has 3 atom stereocenters. The minimum Gasteiger partial charge on any atom is -0.341 e. The van der Waals surface area contributed by atoms with Gasteiger partial charge in [-0.2, -0.15) is 0 Å². The molecule has 0 aromatic heterocycles. The van der Waals surface area contributed by atoms with Crippen LogP contribution in [0.25, 0.3) is 0 Å². The van der Waals surface area contributed by atoms with Crippen molar-refractivity contribution in [1.29, 1.82) is 0 Å². The summed E-state index contributed by atoms with van der Waals surface area (Å²) in [4.78, 5) is 25.1. The zero-order valence-corrected chi connectivity index (χ0v) is 10.8. The Hall–Kier alpha value is -0.750. The molecule has 0 aliphatic carbocycles. The fourth-order valence-corrected chi connectivity index (χ4v) is 3.15.